The third-order valence-corrected chi connectivity index (χ3v) is 19.8. The Balaban J connectivity index is 1.12. The first kappa shape index (κ1) is 42.2. The largest absolute Gasteiger partial charge is 0.309 e. The molecule has 2 aromatic heterocycles. The highest BCUT2D eigenvalue weighted by molar-refractivity contribution is 8.33. The molecule has 0 radical (unpaired) electrons. The number of fused-ring (bicyclic) bond motifs is 3. The van der Waals surface area contributed by atoms with Gasteiger partial charge in [0.15, 0.2) is 17.5 Å². The lowest BCUT2D eigenvalue weighted by molar-refractivity contribution is 0.236. The number of hydrogen-bond donors (Lipinski definition) is 0. The van der Waals surface area contributed by atoms with Crippen LogP contribution in [-0.4, -0.2) is 37.3 Å². The molecule has 3 aliphatic rings. The van der Waals surface area contributed by atoms with Gasteiger partial charge in [-0.1, -0.05) is 128 Å². The Bertz CT molecular complexity index is 2760. The Hall–Kier alpha value is -4.74. The average Bonchev–Trinajstić information content (AvgIpc) is 3.93. The molecule has 0 spiro atoms. The molecule has 7 aromatic rings. The van der Waals surface area contributed by atoms with Crippen molar-refractivity contribution < 1.29 is 0 Å². The molecule has 2 heterocycles. The summed E-state index contributed by atoms with van der Waals surface area (Å²) in [6.45, 7) is 14.3. The number of hydrogen-bond acceptors (Lipinski definition) is 3. The van der Waals surface area contributed by atoms with Gasteiger partial charge in [0.25, 0.3) is 0 Å². The number of aromatic nitrogens is 4. The molecule has 3 aliphatic carbocycles. The van der Waals surface area contributed by atoms with Crippen molar-refractivity contribution in [1.82, 2.24) is 19.5 Å². The lowest BCUT2D eigenvalue weighted by Gasteiger charge is -2.37. The maximum absolute atomic E-state index is 5.31. The SMILES string of the molecule is CC(C)c1ccc(-c2nc(-c3ccc(C(C)(C)C4CCCC4)cc3)nc(-c3ccc4c(c3)c3cc(C(C)(C)C5CCCCC5)ccc3n4-c3ccc(S(C)(C)C4CC4)cc3)n2)cc1. The number of rotatable bonds is 11. The minimum absolute atomic E-state index is 0.0878. The van der Waals surface area contributed by atoms with E-state index in [0.29, 0.717) is 29.3 Å². The van der Waals surface area contributed by atoms with E-state index >= 15 is 0 Å². The van der Waals surface area contributed by atoms with Crippen LogP contribution in [0.15, 0.2) is 114 Å². The van der Waals surface area contributed by atoms with Crippen molar-refractivity contribution in [1.29, 1.82) is 0 Å². The number of nitrogens with zero attached hydrogens (tertiary/aromatic N) is 4. The lowest BCUT2D eigenvalue weighted by Crippen LogP contribution is -2.30. The fraction of sp³-hybridized carbons (Fsp3) is 0.431. The molecule has 326 valence electrons. The molecule has 10 rings (SSSR count). The molecule has 0 saturated heterocycles. The minimum atomic E-state index is -0.800. The molecule has 0 aliphatic heterocycles. The molecule has 0 atom stereocenters. The summed E-state index contributed by atoms with van der Waals surface area (Å²) in [5.74, 6) is 3.99. The second-order valence-corrected chi connectivity index (χ2v) is 25.3. The summed E-state index contributed by atoms with van der Waals surface area (Å²) in [5, 5.41) is 3.39. The molecule has 63 heavy (non-hydrogen) atoms. The van der Waals surface area contributed by atoms with Crippen LogP contribution in [0, 0.1) is 11.8 Å². The van der Waals surface area contributed by atoms with Crippen molar-refractivity contribution in [3.63, 3.8) is 0 Å². The second-order valence-electron chi connectivity index (χ2n) is 21.3. The van der Waals surface area contributed by atoms with Crippen molar-refractivity contribution in [2.24, 2.45) is 11.8 Å². The Morgan fingerprint density at radius 1 is 0.508 bits per heavy atom. The fourth-order valence-electron chi connectivity index (χ4n) is 11.4. The fourth-order valence-corrected chi connectivity index (χ4v) is 13.9. The summed E-state index contributed by atoms with van der Waals surface area (Å²) in [5.41, 5.74) is 11.1. The predicted molar refractivity (Wildman–Crippen MR) is 270 cm³/mol. The van der Waals surface area contributed by atoms with Crippen molar-refractivity contribution in [3.05, 3.63) is 126 Å². The van der Waals surface area contributed by atoms with Gasteiger partial charge in [-0.2, -0.15) is 0 Å². The van der Waals surface area contributed by atoms with Gasteiger partial charge in [0.05, 0.1) is 11.0 Å². The van der Waals surface area contributed by atoms with Crippen molar-refractivity contribution >= 4 is 31.8 Å². The van der Waals surface area contributed by atoms with Gasteiger partial charge in [0.1, 0.15) is 0 Å². The van der Waals surface area contributed by atoms with Crippen LogP contribution in [0.3, 0.4) is 0 Å². The first-order valence-electron chi connectivity index (χ1n) is 24.2. The lowest BCUT2D eigenvalue weighted by atomic mass is 9.67. The van der Waals surface area contributed by atoms with Gasteiger partial charge in [-0.3, -0.25) is 0 Å². The van der Waals surface area contributed by atoms with Crippen molar-refractivity contribution in [2.45, 2.75) is 139 Å². The average molecular weight is 853 g/mol. The van der Waals surface area contributed by atoms with Crippen LogP contribution in [0.5, 0.6) is 0 Å². The van der Waals surface area contributed by atoms with E-state index in [9.17, 15) is 0 Å². The highest BCUT2D eigenvalue weighted by Crippen LogP contribution is 2.62. The monoisotopic (exact) mass is 853 g/mol. The summed E-state index contributed by atoms with van der Waals surface area (Å²) >= 11 is 0. The molecule has 0 N–H and O–H groups in total. The van der Waals surface area contributed by atoms with Crippen LogP contribution in [0.4, 0.5) is 0 Å². The van der Waals surface area contributed by atoms with E-state index in [4.69, 9.17) is 15.0 Å². The maximum Gasteiger partial charge on any atom is 0.164 e. The second kappa shape index (κ2) is 16.4. The molecule has 4 nitrogen and oxygen atoms in total. The van der Waals surface area contributed by atoms with Gasteiger partial charge >= 0.3 is 0 Å². The summed E-state index contributed by atoms with van der Waals surface area (Å²) in [6.07, 6.45) is 19.8. The summed E-state index contributed by atoms with van der Waals surface area (Å²) in [7, 11) is -0.800. The van der Waals surface area contributed by atoms with Crippen LogP contribution in [0.2, 0.25) is 0 Å². The molecule has 0 unspecified atom stereocenters. The standard InChI is InChI=1S/C58H68N4S/c1-38(2)39-18-20-40(21-19-39)54-59-55(41-22-25-45(26-23-41)57(3,4)43-16-12-13-17-43)61-56(60-54)42-24-34-52-50(36-42)51-37-46(58(5,6)44-14-10-9-11-15-44)27-35-53(51)62(52)47-28-30-48(31-29-47)63(7,8)49-32-33-49/h18-31,34-38,43-44,49H,9-17,32-33H2,1-8H3. The zero-order valence-corrected chi connectivity index (χ0v) is 40.0. The van der Waals surface area contributed by atoms with Crippen LogP contribution >= 0.6 is 10.0 Å². The van der Waals surface area contributed by atoms with Gasteiger partial charge in [-0.25, -0.2) is 25.0 Å². The molecule has 0 bridgehead atoms. The molecule has 3 fully saturated rings. The van der Waals surface area contributed by atoms with Gasteiger partial charge < -0.3 is 4.57 Å². The van der Waals surface area contributed by atoms with Gasteiger partial charge in [0, 0.05) is 33.2 Å². The zero-order valence-electron chi connectivity index (χ0n) is 39.2. The van der Waals surface area contributed by atoms with Crippen molar-refractivity contribution in [2.75, 3.05) is 12.5 Å². The van der Waals surface area contributed by atoms with E-state index < -0.39 is 10.0 Å². The van der Waals surface area contributed by atoms with Crippen LogP contribution in [0.25, 0.3) is 61.7 Å². The molecular formula is C58H68N4S. The zero-order chi connectivity index (χ0) is 43.7. The Kier molecular flexibility index (Phi) is 11.0. The Morgan fingerprint density at radius 3 is 1.52 bits per heavy atom. The maximum atomic E-state index is 5.31. The Labute approximate surface area is 378 Å². The quantitative estimate of drug-likeness (QED) is 0.130. The topological polar surface area (TPSA) is 43.6 Å². The van der Waals surface area contributed by atoms with Crippen molar-refractivity contribution in [3.8, 4) is 39.9 Å². The van der Waals surface area contributed by atoms with Gasteiger partial charge in [-0.15, -0.1) is 0 Å². The van der Waals surface area contributed by atoms with E-state index in [1.165, 1.54) is 120 Å². The smallest absolute Gasteiger partial charge is 0.164 e. The Morgan fingerprint density at radius 2 is 0.968 bits per heavy atom. The predicted octanol–water partition coefficient (Wildman–Crippen LogP) is 16.0. The normalized spacial score (nSPS) is 17.3. The third-order valence-electron chi connectivity index (χ3n) is 16.2. The first-order valence-corrected chi connectivity index (χ1v) is 26.7. The van der Waals surface area contributed by atoms with E-state index in [-0.39, 0.29) is 10.8 Å². The van der Waals surface area contributed by atoms with E-state index in [1.54, 1.807) is 0 Å². The van der Waals surface area contributed by atoms with E-state index in [1.807, 2.05) is 0 Å². The molecule has 5 aromatic carbocycles. The van der Waals surface area contributed by atoms with Crippen LogP contribution in [0.1, 0.15) is 135 Å². The van der Waals surface area contributed by atoms with E-state index in [0.717, 1.165) is 27.9 Å². The summed E-state index contributed by atoms with van der Waals surface area (Å²) in [6, 6.07) is 41.7. The van der Waals surface area contributed by atoms with Crippen LogP contribution < -0.4 is 0 Å². The third kappa shape index (κ3) is 7.85. The summed E-state index contributed by atoms with van der Waals surface area (Å²) < 4.78 is 2.49. The van der Waals surface area contributed by atoms with Crippen LogP contribution in [-0.2, 0) is 10.8 Å². The molecule has 0 amide bonds. The van der Waals surface area contributed by atoms with Gasteiger partial charge in [0.2, 0.25) is 0 Å². The highest BCUT2D eigenvalue weighted by Gasteiger charge is 2.36. The number of benzene rings is 5. The minimum Gasteiger partial charge on any atom is -0.309 e. The van der Waals surface area contributed by atoms with Gasteiger partial charge in [-0.05, 0) is 161 Å². The highest BCUT2D eigenvalue weighted by atomic mass is 32.3. The molecular weight excluding hydrogens is 785 g/mol. The first-order chi connectivity index (χ1) is 30.3. The van der Waals surface area contributed by atoms with E-state index in [2.05, 4.69) is 168 Å². The molecule has 3 saturated carbocycles. The summed E-state index contributed by atoms with van der Waals surface area (Å²) in [4.78, 5) is 17.3. The molecule has 5 heteroatoms.